The van der Waals surface area contributed by atoms with Gasteiger partial charge in [-0.15, -0.1) is 22.9 Å². The zero-order valence-corrected chi connectivity index (χ0v) is 10.7. The molecule has 0 fully saturated rings. The molecular formula is C11H10ClN3OS. The summed E-state index contributed by atoms with van der Waals surface area (Å²) in [5.74, 6) is 0.134. The van der Waals surface area contributed by atoms with Crippen molar-refractivity contribution >= 4 is 34.0 Å². The lowest BCUT2D eigenvalue weighted by Crippen LogP contribution is -2.12. The summed E-state index contributed by atoms with van der Waals surface area (Å²) in [4.78, 5) is 20.0. The van der Waals surface area contributed by atoms with Crippen LogP contribution in [0.3, 0.4) is 0 Å². The topological polar surface area (TPSA) is 54.9 Å². The van der Waals surface area contributed by atoms with Gasteiger partial charge in [0, 0.05) is 17.8 Å². The molecule has 0 aliphatic heterocycles. The molecule has 0 spiro atoms. The number of halogens is 1. The first-order valence-electron chi connectivity index (χ1n) is 4.92. The summed E-state index contributed by atoms with van der Waals surface area (Å²) < 4.78 is 0. The van der Waals surface area contributed by atoms with Crippen LogP contribution < -0.4 is 5.32 Å². The number of nitrogens with one attached hydrogen (secondary N) is 1. The summed E-state index contributed by atoms with van der Waals surface area (Å²) >= 11 is 6.99. The van der Waals surface area contributed by atoms with Gasteiger partial charge in [0.25, 0.3) is 5.91 Å². The number of amides is 1. The van der Waals surface area contributed by atoms with Gasteiger partial charge in [-0.2, -0.15) is 0 Å². The Hall–Kier alpha value is -1.46. The lowest BCUT2D eigenvalue weighted by molar-refractivity contribution is 0.102. The lowest BCUT2D eigenvalue weighted by Gasteiger charge is -2.01. The van der Waals surface area contributed by atoms with Crippen molar-refractivity contribution in [3.63, 3.8) is 0 Å². The summed E-state index contributed by atoms with van der Waals surface area (Å²) in [6, 6.07) is 1.78. The normalized spacial score (nSPS) is 10.2. The Labute approximate surface area is 108 Å². The van der Waals surface area contributed by atoms with Gasteiger partial charge in [0.1, 0.15) is 0 Å². The zero-order chi connectivity index (χ0) is 12.3. The molecule has 0 aliphatic carbocycles. The molecule has 2 rings (SSSR count). The van der Waals surface area contributed by atoms with Crippen molar-refractivity contribution in [3.05, 3.63) is 40.7 Å². The maximum absolute atomic E-state index is 11.8. The molecule has 0 aliphatic rings. The first-order valence-corrected chi connectivity index (χ1v) is 6.34. The molecule has 88 valence electrons. The maximum Gasteiger partial charge on any atom is 0.259 e. The Morgan fingerprint density at radius 1 is 1.53 bits per heavy atom. The second-order valence-corrected chi connectivity index (χ2v) is 4.61. The van der Waals surface area contributed by atoms with Gasteiger partial charge < -0.3 is 0 Å². The molecule has 0 atom stereocenters. The number of carbonyl (C=O) groups is 1. The Bertz CT molecular complexity index is 541. The van der Waals surface area contributed by atoms with Crippen LogP contribution in [0.5, 0.6) is 0 Å². The summed E-state index contributed by atoms with van der Waals surface area (Å²) in [6.45, 7) is 1.89. The third kappa shape index (κ3) is 3.01. The molecule has 2 aromatic heterocycles. The van der Waals surface area contributed by atoms with Crippen LogP contribution in [0, 0.1) is 6.92 Å². The van der Waals surface area contributed by atoms with E-state index in [-0.39, 0.29) is 5.91 Å². The molecule has 17 heavy (non-hydrogen) atoms. The van der Waals surface area contributed by atoms with Crippen molar-refractivity contribution in [1.29, 1.82) is 0 Å². The number of hydrogen-bond acceptors (Lipinski definition) is 4. The Morgan fingerprint density at radius 3 is 3.00 bits per heavy atom. The van der Waals surface area contributed by atoms with Crippen LogP contribution in [0.4, 0.5) is 5.13 Å². The Kier molecular flexibility index (Phi) is 3.71. The van der Waals surface area contributed by atoms with Gasteiger partial charge in [-0.05, 0) is 18.6 Å². The van der Waals surface area contributed by atoms with E-state index in [1.54, 1.807) is 12.3 Å². The minimum absolute atomic E-state index is 0.211. The van der Waals surface area contributed by atoms with Crippen molar-refractivity contribution in [1.82, 2.24) is 9.97 Å². The smallest absolute Gasteiger partial charge is 0.259 e. The van der Waals surface area contributed by atoms with Crippen LogP contribution in [0.2, 0.25) is 0 Å². The molecule has 0 radical (unpaired) electrons. The van der Waals surface area contributed by atoms with E-state index in [1.807, 2.05) is 12.3 Å². The Balaban J connectivity index is 2.11. The number of thiazole rings is 1. The fourth-order valence-electron chi connectivity index (χ4n) is 1.27. The molecule has 1 N–H and O–H groups in total. The highest BCUT2D eigenvalue weighted by atomic mass is 35.5. The quantitative estimate of drug-likeness (QED) is 0.870. The molecule has 2 aromatic rings. The van der Waals surface area contributed by atoms with Crippen LogP contribution in [0.1, 0.15) is 21.6 Å². The van der Waals surface area contributed by atoms with Crippen molar-refractivity contribution in [2.45, 2.75) is 12.8 Å². The third-order valence-electron chi connectivity index (χ3n) is 2.05. The standard InChI is InChI=1S/C11H10ClN3OS/c1-7-2-8(5-13-4-7)10(16)15-11-14-9(3-12)6-17-11/h2,4-6H,3H2,1H3,(H,14,15,16). The van der Waals surface area contributed by atoms with Crippen LogP contribution in [0.15, 0.2) is 23.8 Å². The number of aryl methyl sites for hydroxylation is 1. The van der Waals surface area contributed by atoms with Crippen LogP contribution >= 0.6 is 22.9 Å². The molecule has 1 amide bonds. The summed E-state index contributed by atoms with van der Waals surface area (Å²) in [6.07, 6.45) is 3.23. The van der Waals surface area contributed by atoms with Crippen LogP contribution in [-0.2, 0) is 5.88 Å². The lowest BCUT2D eigenvalue weighted by atomic mass is 10.2. The van der Waals surface area contributed by atoms with E-state index < -0.39 is 0 Å². The first-order chi connectivity index (χ1) is 8.19. The van der Waals surface area contributed by atoms with Gasteiger partial charge in [-0.3, -0.25) is 15.1 Å². The minimum Gasteiger partial charge on any atom is -0.298 e. The summed E-state index contributed by atoms with van der Waals surface area (Å²) in [7, 11) is 0. The molecule has 0 unspecified atom stereocenters. The summed E-state index contributed by atoms with van der Waals surface area (Å²) in [5, 5.41) is 5.07. The average molecular weight is 268 g/mol. The predicted octanol–water partition coefficient (Wildman–Crippen LogP) is 2.84. The monoisotopic (exact) mass is 267 g/mol. The van der Waals surface area contributed by atoms with Crippen LogP contribution in [0.25, 0.3) is 0 Å². The molecule has 0 bridgehead atoms. The van der Waals surface area contributed by atoms with Crippen LogP contribution in [-0.4, -0.2) is 15.9 Å². The van der Waals surface area contributed by atoms with Crippen molar-refractivity contribution in [2.24, 2.45) is 0 Å². The number of pyridine rings is 1. The van der Waals surface area contributed by atoms with E-state index in [4.69, 9.17) is 11.6 Å². The van der Waals surface area contributed by atoms with E-state index in [0.717, 1.165) is 11.3 Å². The largest absolute Gasteiger partial charge is 0.298 e. The number of nitrogens with zero attached hydrogens (tertiary/aromatic N) is 2. The SMILES string of the molecule is Cc1cncc(C(=O)Nc2nc(CCl)cs2)c1. The fourth-order valence-corrected chi connectivity index (χ4v) is 2.21. The van der Waals surface area contributed by atoms with Gasteiger partial charge >= 0.3 is 0 Å². The molecule has 2 heterocycles. The first kappa shape index (κ1) is 12.0. The molecule has 4 nitrogen and oxygen atoms in total. The Morgan fingerprint density at radius 2 is 2.35 bits per heavy atom. The highest BCUT2D eigenvalue weighted by molar-refractivity contribution is 7.14. The molecular weight excluding hydrogens is 258 g/mol. The zero-order valence-electron chi connectivity index (χ0n) is 9.11. The second-order valence-electron chi connectivity index (χ2n) is 3.48. The molecule has 0 saturated carbocycles. The number of aromatic nitrogens is 2. The van der Waals surface area contributed by atoms with Gasteiger partial charge in [0.15, 0.2) is 5.13 Å². The third-order valence-corrected chi connectivity index (χ3v) is 3.13. The van der Waals surface area contributed by atoms with Gasteiger partial charge in [-0.25, -0.2) is 4.98 Å². The number of rotatable bonds is 3. The predicted molar refractivity (Wildman–Crippen MR) is 68.6 cm³/mol. The fraction of sp³-hybridized carbons (Fsp3) is 0.182. The number of alkyl halides is 1. The molecule has 0 saturated heterocycles. The second kappa shape index (κ2) is 5.25. The van der Waals surface area contributed by atoms with Crippen molar-refractivity contribution < 1.29 is 4.79 Å². The van der Waals surface area contributed by atoms with Gasteiger partial charge in [-0.1, -0.05) is 0 Å². The molecule has 6 heteroatoms. The number of carbonyl (C=O) groups excluding carboxylic acids is 1. The van der Waals surface area contributed by atoms with E-state index in [1.165, 1.54) is 17.5 Å². The maximum atomic E-state index is 11.8. The number of anilines is 1. The minimum atomic E-state index is -0.211. The highest BCUT2D eigenvalue weighted by Gasteiger charge is 2.09. The van der Waals surface area contributed by atoms with E-state index in [2.05, 4.69) is 15.3 Å². The van der Waals surface area contributed by atoms with E-state index >= 15 is 0 Å². The van der Waals surface area contributed by atoms with E-state index in [9.17, 15) is 4.79 Å². The average Bonchev–Trinajstić information content (AvgIpc) is 2.77. The molecule has 0 aromatic carbocycles. The van der Waals surface area contributed by atoms with E-state index in [0.29, 0.717) is 16.6 Å². The van der Waals surface area contributed by atoms with Gasteiger partial charge in [0.05, 0.1) is 17.1 Å². The van der Waals surface area contributed by atoms with Gasteiger partial charge in [0.2, 0.25) is 0 Å². The highest BCUT2D eigenvalue weighted by Crippen LogP contribution is 2.17. The van der Waals surface area contributed by atoms with Crippen molar-refractivity contribution in [2.75, 3.05) is 5.32 Å². The number of hydrogen-bond donors (Lipinski definition) is 1. The summed E-state index contributed by atoms with van der Waals surface area (Å²) in [5.41, 5.74) is 2.22. The van der Waals surface area contributed by atoms with Crippen molar-refractivity contribution in [3.8, 4) is 0 Å².